The molecule has 0 aliphatic carbocycles. The summed E-state index contributed by atoms with van der Waals surface area (Å²) in [4.78, 5) is 11.8. The Morgan fingerprint density at radius 2 is 2.27 bits per heavy atom. The minimum absolute atomic E-state index is 0.0331. The van der Waals surface area contributed by atoms with Gasteiger partial charge in [0.15, 0.2) is 5.78 Å². The van der Waals surface area contributed by atoms with Gasteiger partial charge in [0, 0.05) is 22.5 Å². The molecule has 1 unspecified atom stereocenters. The van der Waals surface area contributed by atoms with Crippen molar-refractivity contribution in [1.29, 1.82) is 0 Å². The van der Waals surface area contributed by atoms with Gasteiger partial charge in [0.1, 0.15) is 0 Å². The predicted molar refractivity (Wildman–Crippen MR) is 65.1 cm³/mol. The number of rotatable bonds is 2. The Labute approximate surface area is 98.2 Å². The molecule has 15 heavy (non-hydrogen) atoms. The number of hydrogen-bond donors (Lipinski definition) is 1. The molecule has 1 aliphatic rings. The van der Waals surface area contributed by atoms with Crippen LogP contribution >= 0.6 is 15.9 Å². The van der Waals surface area contributed by atoms with E-state index in [1.807, 2.05) is 26.0 Å². The lowest BCUT2D eigenvalue weighted by atomic mass is 9.99. The van der Waals surface area contributed by atoms with Crippen molar-refractivity contribution in [3.63, 3.8) is 0 Å². The van der Waals surface area contributed by atoms with Crippen LogP contribution < -0.4 is 5.32 Å². The Kier molecular flexibility index (Phi) is 2.83. The largest absolute Gasteiger partial charge is 0.375 e. The molecule has 0 saturated heterocycles. The molecule has 80 valence electrons. The van der Waals surface area contributed by atoms with Crippen LogP contribution in [0.3, 0.4) is 0 Å². The summed E-state index contributed by atoms with van der Waals surface area (Å²) in [6.07, 6.45) is 0.811. The fourth-order valence-corrected chi connectivity index (χ4v) is 2.31. The molecular formula is C12H14BrNO. The lowest BCUT2D eigenvalue weighted by Gasteiger charge is -2.12. The molecule has 1 aromatic carbocycles. The van der Waals surface area contributed by atoms with E-state index in [9.17, 15) is 4.79 Å². The molecule has 0 amide bonds. The second-order valence-electron chi connectivity index (χ2n) is 4.26. The zero-order chi connectivity index (χ0) is 11.0. The molecule has 0 bridgehead atoms. The van der Waals surface area contributed by atoms with Crippen molar-refractivity contribution in [1.82, 2.24) is 0 Å². The quantitative estimate of drug-likeness (QED) is 0.893. The van der Waals surface area contributed by atoms with Gasteiger partial charge in [-0.15, -0.1) is 0 Å². The molecule has 1 heterocycles. The molecule has 3 heteroatoms. The van der Waals surface area contributed by atoms with Crippen LogP contribution in [0.5, 0.6) is 0 Å². The van der Waals surface area contributed by atoms with E-state index < -0.39 is 0 Å². The van der Waals surface area contributed by atoms with Crippen LogP contribution in [0.4, 0.5) is 5.69 Å². The predicted octanol–water partition coefficient (Wildman–Crippen LogP) is 3.01. The third-order valence-corrected chi connectivity index (χ3v) is 3.23. The van der Waals surface area contributed by atoms with Gasteiger partial charge >= 0.3 is 0 Å². The maximum Gasteiger partial charge on any atom is 0.157 e. The summed E-state index contributed by atoms with van der Waals surface area (Å²) in [7, 11) is 0. The molecule has 1 atom stereocenters. The van der Waals surface area contributed by atoms with E-state index in [-0.39, 0.29) is 12.0 Å². The second-order valence-corrected chi connectivity index (χ2v) is 5.18. The number of hydrogen-bond acceptors (Lipinski definition) is 2. The van der Waals surface area contributed by atoms with Gasteiger partial charge in [-0.3, -0.25) is 4.79 Å². The molecule has 1 aliphatic heterocycles. The van der Waals surface area contributed by atoms with E-state index in [4.69, 9.17) is 0 Å². The van der Waals surface area contributed by atoms with Crippen molar-refractivity contribution >= 4 is 27.4 Å². The van der Waals surface area contributed by atoms with Crippen molar-refractivity contribution in [3.05, 3.63) is 28.2 Å². The average Bonchev–Trinajstić information content (AvgIpc) is 2.58. The Morgan fingerprint density at radius 3 is 2.93 bits per heavy atom. The SMILES string of the molecule is CC(C)C(=O)C1Cc2cc(Br)ccc2N1. The maximum absolute atomic E-state index is 11.8. The molecule has 0 saturated carbocycles. The zero-order valence-electron chi connectivity index (χ0n) is 8.88. The summed E-state index contributed by atoms with van der Waals surface area (Å²) < 4.78 is 1.07. The van der Waals surface area contributed by atoms with Crippen LogP contribution in [0.25, 0.3) is 0 Å². The van der Waals surface area contributed by atoms with Crippen LogP contribution in [0, 0.1) is 5.92 Å². The van der Waals surface area contributed by atoms with E-state index in [0.717, 1.165) is 16.6 Å². The summed E-state index contributed by atoms with van der Waals surface area (Å²) in [6, 6.07) is 6.06. The van der Waals surface area contributed by atoms with Crippen LogP contribution in [0.1, 0.15) is 19.4 Å². The summed E-state index contributed by atoms with van der Waals surface area (Å²) in [5.74, 6) is 0.391. The van der Waals surface area contributed by atoms with Crippen molar-refractivity contribution < 1.29 is 4.79 Å². The van der Waals surface area contributed by atoms with Crippen LogP contribution in [0.2, 0.25) is 0 Å². The van der Waals surface area contributed by atoms with Gasteiger partial charge < -0.3 is 5.32 Å². The Morgan fingerprint density at radius 1 is 1.53 bits per heavy atom. The summed E-state index contributed by atoms with van der Waals surface area (Å²) in [6.45, 7) is 3.89. The van der Waals surface area contributed by atoms with Gasteiger partial charge in [-0.25, -0.2) is 0 Å². The smallest absolute Gasteiger partial charge is 0.157 e. The van der Waals surface area contributed by atoms with Crippen molar-refractivity contribution in [2.75, 3.05) is 5.32 Å². The maximum atomic E-state index is 11.8. The molecule has 0 radical (unpaired) electrons. The first-order valence-electron chi connectivity index (χ1n) is 5.16. The first-order valence-corrected chi connectivity index (χ1v) is 5.96. The molecule has 1 aromatic rings. The Balaban J connectivity index is 2.19. The number of Topliss-reactive ketones (excluding diaryl/α,β-unsaturated/α-hetero) is 1. The summed E-state index contributed by atoms with van der Waals surface area (Å²) in [5.41, 5.74) is 2.32. The van der Waals surface area contributed by atoms with Crippen LogP contribution in [-0.2, 0) is 11.2 Å². The highest BCUT2D eigenvalue weighted by molar-refractivity contribution is 9.10. The van der Waals surface area contributed by atoms with Gasteiger partial charge in [-0.05, 0) is 23.8 Å². The number of ketones is 1. The van der Waals surface area contributed by atoms with E-state index in [0.29, 0.717) is 5.78 Å². The third kappa shape index (κ3) is 2.07. The molecule has 1 N–H and O–H groups in total. The number of nitrogens with one attached hydrogen (secondary N) is 1. The average molecular weight is 268 g/mol. The second kappa shape index (κ2) is 3.97. The van der Waals surface area contributed by atoms with E-state index >= 15 is 0 Å². The molecule has 2 nitrogen and oxygen atoms in total. The summed E-state index contributed by atoms with van der Waals surface area (Å²) >= 11 is 3.44. The minimum Gasteiger partial charge on any atom is -0.375 e. The number of carbonyl (C=O) groups is 1. The fraction of sp³-hybridized carbons (Fsp3) is 0.417. The third-order valence-electron chi connectivity index (χ3n) is 2.73. The van der Waals surface area contributed by atoms with Crippen molar-refractivity contribution in [2.45, 2.75) is 26.3 Å². The molecule has 0 aromatic heterocycles. The van der Waals surface area contributed by atoms with Gasteiger partial charge in [0.25, 0.3) is 0 Å². The molecule has 2 rings (SSSR count). The van der Waals surface area contributed by atoms with E-state index in [1.165, 1.54) is 5.56 Å². The van der Waals surface area contributed by atoms with Gasteiger partial charge in [-0.2, -0.15) is 0 Å². The van der Waals surface area contributed by atoms with Crippen LogP contribution in [0.15, 0.2) is 22.7 Å². The Hall–Kier alpha value is -0.830. The number of halogens is 1. The first kappa shape index (κ1) is 10.7. The highest BCUT2D eigenvalue weighted by atomic mass is 79.9. The zero-order valence-corrected chi connectivity index (χ0v) is 10.5. The number of fused-ring (bicyclic) bond motifs is 1. The standard InChI is InChI=1S/C12H14BrNO/c1-7(2)12(15)11-6-8-5-9(13)3-4-10(8)14-11/h3-5,7,11,14H,6H2,1-2H3. The highest BCUT2D eigenvalue weighted by Crippen LogP contribution is 2.29. The van der Waals surface area contributed by atoms with Crippen LogP contribution in [-0.4, -0.2) is 11.8 Å². The normalized spacial score (nSPS) is 18.8. The van der Waals surface area contributed by atoms with Crippen molar-refractivity contribution in [3.8, 4) is 0 Å². The van der Waals surface area contributed by atoms with E-state index in [2.05, 4.69) is 27.3 Å². The number of anilines is 1. The minimum atomic E-state index is -0.0331. The number of carbonyl (C=O) groups excluding carboxylic acids is 1. The van der Waals surface area contributed by atoms with Gasteiger partial charge in [0.05, 0.1) is 6.04 Å². The topological polar surface area (TPSA) is 29.1 Å². The lowest BCUT2D eigenvalue weighted by Crippen LogP contribution is -2.30. The highest BCUT2D eigenvalue weighted by Gasteiger charge is 2.27. The molecule has 0 fully saturated rings. The Bertz CT molecular complexity index is 401. The monoisotopic (exact) mass is 267 g/mol. The van der Waals surface area contributed by atoms with Crippen molar-refractivity contribution in [2.24, 2.45) is 5.92 Å². The lowest BCUT2D eigenvalue weighted by molar-refractivity contribution is -0.122. The fourth-order valence-electron chi connectivity index (χ4n) is 1.90. The van der Waals surface area contributed by atoms with Gasteiger partial charge in [-0.1, -0.05) is 29.8 Å². The number of benzene rings is 1. The van der Waals surface area contributed by atoms with E-state index in [1.54, 1.807) is 0 Å². The first-order chi connectivity index (χ1) is 7.08. The molecular weight excluding hydrogens is 254 g/mol. The van der Waals surface area contributed by atoms with Gasteiger partial charge in [0.2, 0.25) is 0 Å². The molecule has 0 spiro atoms. The summed E-state index contributed by atoms with van der Waals surface area (Å²) in [5, 5.41) is 3.27.